The van der Waals surface area contributed by atoms with Crippen molar-refractivity contribution in [2.24, 2.45) is 5.73 Å². The van der Waals surface area contributed by atoms with Gasteiger partial charge in [-0.1, -0.05) is 12.2 Å². The van der Waals surface area contributed by atoms with E-state index in [0.717, 1.165) is 13.1 Å². The molecule has 1 aromatic rings. The number of rotatable bonds is 3. The molecule has 0 spiro atoms. The van der Waals surface area contributed by atoms with Crippen molar-refractivity contribution in [2.75, 3.05) is 32.7 Å². The van der Waals surface area contributed by atoms with Gasteiger partial charge in [-0.2, -0.15) is 0 Å². The Morgan fingerprint density at radius 3 is 2.47 bits per heavy atom. The van der Waals surface area contributed by atoms with Gasteiger partial charge in [-0.3, -0.25) is 9.69 Å². The van der Waals surface area contributed by atoms with Gasteiger partial charge in [-0.25, -0.2) is 4.98 Å². The van der Waals surface area contributed by atoms with Crippen LogP contribution in [0.3, 0.4) is 0 Å². The number of amides is 1. The van der Waals surface area contributed by atoms with Crippen molar-refractivity contribution in [1.29, 1.82) is 0 Å². The van der Waals surface area contributed by atoms with E-state index in [4.69, 9.17) is 22.4 Å². The molecule has 0 aromatic carbocycles. The summed E-state index contributed by atoms with van der Waals surface area (Å²) in [7, 11) is 0. The maximum Gasteiger partial charge on any atom is 0.291 e. The van der Waals surface area contributed by atoms with Crippen LogP contribution in [0.4, 0.5) is 0 Å². The number of hydrogen-bond acceptors (Lipinski definition) is 5. The Labute approximate surface area is 117 Å². The van der Waals surface area contributed by atoms with Crippen molar-refractivity contribution in [3.05, 3.63) is 17.3 Å². The Morgan fingerprint density at radius 1 is 1.37 bits per heavy atom. The third kappa shape index (κ3) is 3.30. The Bertz CT molecular complexity index is 492. The SMILES string of the molecule is Cc1nc(C)c(C(=O)N2CCN(CC(N)=S)CC2)o1. The molecule has 104 valence electrons. The largest absolute Gasteiger partial charge is 0.436 e. The van der Waals surface area contributed by atoms with Gasteiger partial charge in [-0.05, 0) is 6.92 Å². The average molecular weight is 282 g/mol. The lowest BCUT2D eigenvalue weighted by Gasteiger charge is -2.33. The second-order valence-electron chi connectivity index (χ2n) is 4.68. The second kappa shape index (κ2) is 5.66. The summed E-state index contributed by atoms with van der Waals surface area (Å²) in [6.45, 7) is 6.99. The highest BCUT2D eigenvalue weighted by Gasteiger charge is 2.26. The number of piperazine rings is 1. The molecule has 1 aliphatic heterocycles. The predicted molar refractivity (Wildman–Crippen MR) is 75.1 cm³/mol. The molecule has 2 rings (SSSR count). The Hall–Kier alpha value is -1.47. The minimum atomic E-state index is -0.0897. The van der Waals surface area contributed by atoms with Crippen LogP contribution < -0.4 is 5.73 Å². The molecular weight excluding hydrogens is 264 g/mol. The maximum absolute atomic E-state index is 12.3. The molecule has 0 saturated carbocycles. The van der Waals surface area contributed by atoms with Gasteiger partial charge in [0.1, 0.15) is 0 Å². The molecule has 6 nitrogen and oxygen atoms in total. The van der Waals surface area contributed by atoms with E-state index in [1.165, 1.54) is 0 Å². The van der Waals surface area contributed by atoms with E-state index in [1.807, 2.05) is 0 Å². The van der Waals surface area contributed by atoms with Gasteiger partial charge in [0, 0.05) is 39.6 Å². The van der Waals surface area contributed by atoms with E-state index in [9.17, 15) is 4.79 Å². The number of aromatic nitrogens is 1. The average Bonchev–Trinajstić information content (AvgIpc) is 2.68. The van der Waals surface area contributed by atoms with E-state index < -0.39 is 0 Å². The lowest BCUT2D eigenvalue weighted by atomic mass is 10.2. The first kappa shape index (κ1) is 14.0. The van der Waals surface area contributed by atoms with Gasteiger partial charge < -0.3 is 15.1 Å². The van der Waals surface area contributed by atoms with Crippen LogP contribution in [-0.2, 0) is 0 Å². The number of aryl methyl sites for hydroxylation is 2. The summed E-state index contributed by atoms with van der Waals surface area (Å²) >= 11 is 4.89. The predicted octanol–water partition coefficient (Wildman–Crippen LogP) is 0.335. The number of carbonyl (C=O) groups excluding carboxylic acids is 1. The van der Waals surface area contributed by atoms with Crippen LogP contribution in [0.15, 0.2) is 4.42 Å². The van der Waals surface area contributed by atoms with Crippen molar-refractivity contribution >= 4 is 23.1 Å². The minimum Gasteiger partial charge on any atom is -0.436 e. The van der Waals surface area contributed by atoms with Crippen molar-refractivity contribution in [3.63, 3.8) is 0 Å². The Balaban J connectivity index is 1.96. The molecule has 2 heterocycles. The molecule has 0 radical (unpaired) electrons. The molecule has 1 saturated heterocycles. The number of hydrogen-bond donors (Lipinski definition) is 1. The first-order chi connectivity index (χ1) is 8.97. The third-order valence-corrected chi connectivity index (χ3v) is 3.27. The van der Waals surface area contributed by atoms with E-state index >= 15 is 0 Å². The molecule has 1 amide bonds. The minimum absolute atomic E-state index is 0.0897. The Kier molecular flexibility index (Phi) is 4.16. The third-order valence-electron chi connectivity index (χ3n) is 3.14. The number of oxazole rings is 1. The fourth-order valence-electron chi connectivity index (χ4n) is 2.20. The monoisotopic (exact) mass is 282 g/mol. The fraction of sp³-hybridized carbons (Fsp3) is 0.583. The summed E-state index contributed by atoms with van der Waals surface area (Å²) in [4.78, 5) is 20.8. The summed E-state index contributed by atoms with van der Waals surface area (Å²) in [5.74, 6) is 0.779. The van der Waals surface area contributed by atoms with Crippen molar-refractivity contribution in [3.8, 4) is 0 Å². The van der Waals surface area contributed by atoms with Crippen molar-refractivity contribution in [2.45, 2.75) is 13.8 Å². The van der Waals surface area contributed by atoms with Gasteiger partial charge in [0.05, 0.1) is 10.7 Å². The molecule has 0 bridgehead atoms. The van der Waals surface area contributed by atoms with Crippen LogP contribution in [0.5, 0.6) is 0 Å². The van der Waals surface area contributed by atoms with Crippen molar-refractivity contribution < 1.29 is 9.21 Å². The summed E-state index contributed by atoms with van der Waals surface area (Å²) in [6.07, 6.45) is 0. The van der Waals surface area contributed by atoms with Crippen LogP contribution in [0.1, 0.15) is 22.1 Å². The highest BCUT2D eigenvalue weighted by Crippen LogP contribution is 2.14. The quantitative estimate of drug-likeness (QED) is 0.806. The number of thiocarbonyl (C=S) groups is 1. The molecule has 7 heteroatoms. The first-order valence-corrected chi connectivity index (χ1v) is 6.62. The Morgan fingerprint density at radius 2 is 2.00 bits per heavy atom. The molecule has 0 unspecified atom stereocenters. The molecule has 2 N–H and O–H groups in total. The first-order valence-electron chi connectivity index (χ1n) is 6.21. The van der Waals surface area contributed by atoms with Crippen LogP contribution >= 0.6 is 12.2 Å². The summed E-state index contributed by atoms with van der Waals surface area (Å²) < 4.78 is 5.36. The van der Waals surface area contributed by atoms with Crippen LogP contribution in [0, 0.1) is 13.8 Å². The highest BCUT2D eigenvalue weighted by molar-refractivity contribution is 7.80. The van der Waals surface area contributed by atoms with E-state index in [0.29, 0.717) is 42.0 Å². The summed E-state index contributed by atoms with van der Waals surface area (Å²) in [5, 5.41) is 0. The molecule has 1 aliphatic rings. The standard InChI is InChI=1S/C12H18N4O2S/c1-8-11(18-9(2)14-8)12(17)16-5-3-15(4-6-16)7-10(13)19/h3-7H2,1-2H3,(H2,13,19). The highest BCUT2D eigenvalue weighted by atomic mass is 32.1. The molecule has 19 heavy (non-hydrogen) atoms. The zero-order valence-corrected chi connectivity index (χ0v) is 12.0. The van der Waals surface area contributed by atoms with E-state index in [-0.39, 0.29) is 5.91 Å². The maximum atomic E-state index is 12.3. The van der Waals surface area contributed by atoms with Gasteiger partial charge in [0.25, 0.3) is 5.91 Å². The van der Waals surface area contributed by atoms with E-state index in [1.54, 1.807) is 18.7 Å². The zero-order chi connectivity index (χ0) is 14.0. The number of nitrogens with two attached hydrogens (primary N) is 1. The van der Waals surface area contributed by atoms with Crippen LogP contribution in [0.2, 0.25) is 0 Å². The molecular formula is C12H18N4O2S. The van der Waals surface area contributed by atoms with Gasteiger partial charge in [0.2, 0.25) is 5.76 Å². The smallest absolute Gasteiger partial charge is 0.291 e. The van der Waals surface area contributed by atoms with Gasteiger partial charge in [-0.15, -0.1) is 0 Å². The number of carbonyl (C=O) groups is 1. The summed E-state index contributed by atoms with van der Waals surface area (Å²) in [5.41, 5.74) is 6.16. The van der Waals surface area contributed by atoms with E-state index in [2.05, 4.69) is 9.88 Å². The molecule has 1 fully saturated rings. The summed E-state index contributed by atoms with van der Waals surface area (Å²) in [6, 6.07) is 0. The van der Waals surface area contributed by atoms with Gasteiger partial charge >= 0.3 is 0 Å². The topological polar surface area (TPSA) is 75.6 Å². The van der Waals surface area contributed by atoms with Crippen molar-refractivity contribution in [1.82, 2.24) is 14.8 Å². The lowest BCUT2D eigenvalue weighted by Crippen LogP contribution is -2.50. The molecule has 0 aliphatic carbocycles. The molecule has 0 atom stereocenters. The lowest BCUT2D eigenvalue weighted by molar-refractivity contribution is 0.0621. The van der Waals surface area contributed by atoms with Gasteiger partial charge in [0.15, 0.2) is 5.89 Å². The normalized spacial score (nSPS) is 16.6. The van der Waals surface area contributed by atoms with Crippen LogP contribution in [-0.4, -0.2) is 58.4 Å². The fourth-order valence-corrected chi connectivity index (χ4v) is 2.39. The van der Waals surface area contributed by atoms with Crippen LogP contribution in [0.25, 0.3) is 0 Å². The second-order valence-corrected chi connectivity index (χ2v) is 5.21. The number of nitrogens with zero attached hydrogens (tertiary/aromatic N) is 3. The zero-order valence-electron chi connectivity index (χ0n) is 11.2. The molecule has 1 aromatic heterocycles.